The van der Waals surface area contributed by atoms with E-state index in [1.165, 1.54) is 5.56 Å². The summed E-state index contributed by atoms with van der Waals surface area (Å²) in [4.78, 5) is 2.51. The van der Waals surface area contributed by atoms with Crippen LogP contribution in [0.2, 0.25) is 0 Å². The molecule has 0 amide bonds. The molecule has 0 unspecified atom stereocenters. The zero-order valence-corrected chi connectivity index (χ0v) is 13.1. The summed E-state index contributed by atoms with van der Waals surface area (Å²) in [6, 6.07) is 8.26. The summed E-state index contributed by atoms with van der Waals surface area (Å²) in [5.74, 6) is 2.39. The predicted molar refractivity (Wildman–Crippen MR) is 82.8 cm³/mol. The highest BCUT2D eigenvalue weighted by Crippen LogP contribution is 2.12. The fraction of sp³-hybridized carbons (Fsp3) is 0.647. The van der Waals surface area contributed by atoms with E-state index in [0.717, 1.165) is 32.0 Å². The Labute approximate surface area is 118 Å². The number of rotatable bonds is 8. The zero-order valence-electron chi connectivity index (χ0n) is 13.1. The van der Waals surface area contributed by atoms with Crippen LogP contribution in [0.25, 0.3) is 0 Å². The quantitative estimate of drug-likeness (QED) is 0.703. The molecule has 0 radical (unpaired) electrons. The fourth-order valence-corrected chi connectivity index (χ4v) is 2.29. The first-order chi connectivity index (χ1) is 8.97. The monoisotopic (exact) mass is 263 g/mol. The second-order valence-electron chi connectivity index (χ2n) is 6.21. The molecule has 0 aliphatic heterocycles. The highest BCUT2D eigenvalue weighted by molar-refractivity contribution is 5.27. The van der Waals surface area contributed by atoms with Gasteiger partial charge in [0, 0.05) is 19.6 Å². The van der Waals surface area contributed by atoms with Crippen LogP contribution in [0.4, 0.5) is 0 Å². The average molecular weight is 263 g/mol. The van der Waals surface area contributed by atoms with Crippen molar-refractivity contribution >= 4 is 0 Å². The lowest BCUT2D eigenvalue weighted by Gasteiger charge is -2.26. The Bertz CT molecular complexity index is 350. The SMILES string of the molecule is Cc1cccc(OCCN(CC(C)C)CC(C)C)c1. The molecule has 0 aliphatic rings. The summed E-state index contributed by atoms with van der Waals surface area (Å²) in [7, 11) is 0. The summed E-state index contributed by atoms with van der Waals surface area (Å²) in [5.41, 5.74) is 1.25. The third kappa shape index (κ3) is 7.22. The van der Waals surface area contributed by atoms with E-state index in [1.807, 2.05) is 12.1 Å². The molecule has 0 heterocycles. The van der Waals surface area contributed by atoms with E-state index in [2.05, 4.69) is 51.7 Å². The van der Waals surface area contributed by atoms with Crippen LogP contribution in [0, 0.1) is 18.8 Å². The van der Waals surface area contributed by atoms with E-state index < -0.39 is 0 Å². The van der Waals surface area contributed by atoms with Crippen molar-refractivity contribution in [3.63, 3.8) is 0 Å². The van der Waals surface area contributed by atoms with Gasteiger partial charge in [-0.1, -0.05) is 39.8 Å². The molecule has 19 heavy (non-hydrogen) atoms. The first kappa shape index (κ1) is 16.0. The van der Waals surface area contributed by atoms with Crippen molar-refractivity contribution in [3.8, 4) is 5.75 Å². The number of ether oxygens (including phenoxy) is 1. The van der Waals surface area contributed by atoms with Crippen molar-refractivity contribution in [2.75, 3.05) is 26.2 Å². The third-order valence-electron chi connectivity index (χ3n) is 2.91. The Hall–Kier alpha value is -1.02. The van der Waals surface area contributed by atoms with Crippen molar-refractivity contribution in [2.45, 2.75) is 34.6 Å². The summed E-state index contributed by atoms with van der Waals surface area (Å²) < 4.78 is 5.84. The maximum atomic E-state index is 5.84. The molecule has 2 nitrogen and oxygen atoms in total. The Morgan fingerprint density at radius 2 is 1.68 bits per heavy atom. The topological polar surface area (TPSA) is 12.5 Å². The van der Waals surface area contributed by atoms with Gasteiger partial charge in [-0.3, -0.25) is 4.90 Å². The van der Waals surface area contributed by atoms with E-state index in [-0.39, 0.29) is 0 Å². The largest absolute Gasteiger partial charge is 0.492 e. The molecule has 0 saturated heterocycles. The van der Waals surface area contributed by atoms with Crippen LogP contribution < -0.4 is 4.74 Å². The fourth-order valence-electron chi connectivity index (χ4n) is 2.29. The number of hydrogen-bond donors (Lipinski definition) is 0. The second kappa shape index (κ2) is 8.21. The van der Waals surface area contributed by atoms with Crippen LogP contribution in [-0.4, -0.2) is 31.1 Å². The van der Waals surface area contributed by atoms with E-state index in [0.29, 0.717) is 11.8 Å². The summed E-state index contributed by atoms with van der Waals surface area (Å²) in [5, 5.41) is 0. The Morgan fingerprint density at radius 3 is 2.21 bits per heavy atom. The van der Waals surface area contributed by atoms with Gasteiger partial charge in [0.25, 0.3) is 0 Å². The average Bonchev–Trinajstić information content (AvgIpc) is 2.27. The lowest BCUT2D eigenvalue weighted by atomic mass is 10.1. The zero-order chi connectivity index (χ0) is 14.3. The predicted octanol–water partition coefficient (Wildman–Crippen LogP) is 3.99. The molecule has 0 bridgehead atoms. The van der Waals surface area contributed by atoms with Crippen LogP contribution in [-0.2, 0) is 0 Å². The van der Waals surface area contributed by atoms with Crippen LogP contribution in [0.15, 0.2) is 24.3 Å². The minimum absolute atomic E-state index is 0.706. The Morgan fingerprint density at radius 1 is 1.05 bits per heavy atom. The maximum absolute atomic E-state index is 5.84. The lowest BCUT2D eigenvalue weighted by molar-refractivity contribution is 0.177. The van der Waals surface area contributed by atoms with Crippen LogP contribution >= 0.6 is 0 Å². The lowest BCUT2D eigenvalue weighted by Crippen LogP contribution is -2.34. The van der Waals surface area contributed by atoms with Gasteiger partial charge >= 0.3 is 0 Å². The molecule has 2 heteroatoms. The van der Waals surface area contributed by atoms with E-state index >= 15 is 0 Å². The maximum Gasteiger partial charge on any atom is 0.119 e. The second-order valence-corrected chi connectivity index (χ2v) is 6.21. The smallest absolute Gasteiger partial charge is 0.119 e. The van der Waals surface area contributed by atoms with Gasteiger partial charge in [-0.15, -0.1) is 0 Å². The van der Waals surface area contributed by atoms with E-state index in [9.17, 15) is 0 Å². The summed E-state index contributed by atoms with van der Waals surface area (Å²) >= 11 is 0. The molecular formula is C17H29NO. The molecule has 0 fully saturated rings. The minimum atomic E-state index is 0.706. The third-order valence-corrected chi connectivity index (χ3v) is 2.91. The van der Waals surface area contributed by atoms with Crippen LogP contribution in [0.1, 0.15) is 33.3 Å². The van der Waals surface area contributed by atoms with Crippen LogP contribution in [0.3, 0.4) is 0 Å². The van der Waals surface area contributed by atoms with Crippen LogP contribution in [0.5, 0.6) is 5.75 Å². The minimum Gasteiger partial charge on any atom is -0.492 e. The van der Waals surface area contributed by atoms with Crippen molar-refractivity contribution < 1.29 is 4.74 Å². The first-order valence-corrected chi connectivity index (χ1v) is 7.39. The van der Waals surface area contributed by atoms with Gasteiger partial charge in [0.15, 0.2) is 0 Å². The molecule has 108 valence electrons. The van der Waals surface area contributed by atoms with E-state index in [4.69, 9.17) is 4.74 Å². The molecule has 0 aliphatic carbocycles. The molecule has 0 atom stereocenters. The number of benzene rings is 1. The Balaban J connectivity index is 2.38. The van der Waals surface area contributed by atoms with Gasteiger partial charge in [0.1, 0.15) is 12.4 Å². The van der Waals surface area contributed by atoms with Gasteiger partial charge in [-0.2, -0.15) is 0 Å². The molecule has 0 saturated carbocycles. The van der Waals surface area contributed by atoms with Gasteiger partial charge in [0.05, 0.1) is 0 Å². The molecule has 0 aromatic heterocycles. The van der Waals surface area contributed by atoms with Crippen molar-refractivity contribution in [3.05, 3.63) is 29.8 Å². The highest BCUT2D eigenvalue weighted by Gasteiger charge is 2.09. The standard InChI is InChI=1S/C17H29NO/c1-14(2)12-18(13-15(3)4)9-10-19-17-8-6-7-16(5)11-17/h6-8,11,14-15H,9-10,12-13H2,1-5H3. The Kier molecular flexibility index (Phi) is 6.93. The van der Waals surface area contributed by atoms with Crippen molar-refractivity contribution in [2.24, 2.45) is 11.8 Å². The highest BCUT2D eigenvalue weighted by atomic mass is 16.5. The van der Waals surface area contributed by atoms with E-state index in [1.54, 1.807) is 0 Å². The number of nitrogens with zero attached hydrogens (tertiary/aromatic N) is 1. The summed E-state index contributed by atoms with van der Waals surface area (Å²) in [6.45, 7) is 15.3. The van der Waals surface area contributed by atoms with Gasteiger partial charge in [-0.05, 0) is 36.5 Å². The molecule has 1 aromatic rings. The molecular weight excluding hydrogens is 234 g/mol. The van der Waals surface area contributed by atoms with Crippen molar-refractivity contribution in [1.29, 1.82) is 0 Å². The summed E-state index contributed by atoms with van der Waals surface area (Å²) in [6.07, 6.45) is 0. The van der Waals surface area contributed by atoms with Gasteiger partial charge in [-0.25, -0.2) is 0 Å². The molecule has 1 rings (SSSR count). The normalized spacial score (nSPS) is 11.6. The van der Waals surface area contributed by atoms with Gasteiger partial charge < -0.3 is 4.74 Å². The molecule has 0 N–H and O–H groups in total. The van der Waals surface area contributed by atoms with Crippen molar-refractivity contribution in [1.82, 2.24) is 4.90 Å². The first-order valence-electron chi connectivity index (χ1n) is 7.39. The van der Waals surface area contributed by atoms with Gasteiger partial charge in [0.2, 0.25) is 0 Å². The molecule has 1 aromatic carbocycles. The number of aryl methyl sites for hydroxylation is 1. The number of hydrogen-bond acceptors (Lipinski definition) is 2. The molecule has 0 spiro atoms.